The highest BCUT2D eigenvalue weighted by Crippen LogP contribution is 2.47. The van der Waals surface area contributed by atoms with Gasteiger partial charge in [0.1, 0.15) is 0 Å². The fourth-order valence-electron chi connectivity index (χ4n) is 4.89. The van der Waals surface area contributed by atoms with Crippen LogP contribution in [-0.2, 0) is 6.42 Å². The first-order valence-electron chi connectivity index (χ1n) is 8.93. The van der Waals surface area contributed by atoms with E-state index in [1.807, 2.05) is 0 Å². The topological polar surface area (TPSA) is 24.7 Å². The molecule has 2 atom stereocenters. The van der Waals surface area contributed by atoms with E-state index in [-0.39, 0.29) is 0 Å². The summed E-state index contributed by atoms with van der Waals surface area (Å²) in [5.41, 5.74) is 9.36. The Morgan fingerprint density at radius 1 is 1.09 bits per heavy atom. The van der Waals surface area contributed by atoms with Crippen molar-refractivity contribution in [2.45, 2.75) is 44.6 Å². The summed E-state index contributed by atoms with van der Waals surface area (Å²) in [5, 5.41) is 0. The smallest absolute Gasteiger partial charge is 0.0612 e. The maximum Gasteiger partial charge on any atom is 0.0612 e. The molecule has 1 aromatic carbocycles. The van der Waals surface area contributed by atoms with Crippen LogP contribution in [0.15, 0.2) is 62.6 Å². The molecule has 0 N–H and O–H groups in total. The summed E-state index contributed by atoms with van der Waals surface area (Å²) in [6, 6.07) is 11.3. The molecular formula is C21H22N2. The van der Waals surface area contributed by atoms with E-state index < -0.39 is 0 Å². The molecule has 2 aliphatic heterocycles. The molecule has 1 saturated carbocycles. The van der Waals surface area contributed by atoms with Crippen molar-refractivity contribution in [1.82, 2.24) is 0 Å². The van der Waals surface area contributed by atoms with E-state index in [0.29, 0.717) is 12.0 Å². The van der Waals surface area contributed by atoms with Crippen LogP contribution in [0.3, 0.4) is 0 Å². The van der Waals surface area contributed by atoms with E-state index in [1.54, 1.807) is 22.3 Å². The van der Waals surface area contributed by atoms with Gasteiger partial charge in [0, 0.05) is 24.3 Å². The van der Waals surface area contributed by atoms with Gasteiger partial charge in [0.05, 0.1) is 12.6 Å². The van der Waals surface area contributed by atoms with Crippen molar-refractivity contribution in [3.63, 3.8) is 0 Å². The lowest BCUT2D eigenvalue weighted by Crippen LogP contribution is -2.32. The van der Waals surface area contributed by atoms with Crippen LogP contribution in [0.5, 0.6) is 0 Å². The predicted octanol–water partition coefficient (Wildman–Crippen LogP) is 4.32. The number of aliphatic imine (C=N–C) groups is 2. The largest absolute Gasteiger partial charge is 0.293 e. The maximum absolute atomic E-state index is 4.91. The zero-order valence-electron chi connectivity index (χ0n) is 13.5. The lowest BCUT2D eigenvalue weighted by atomic mass is 9.69. The van der Waals surface area contributed by atoms with E-state index >= 15 is 0 Å². The predicted molar refractivity (Wildman–Crippen MR) is 95.4 cm³/mol. The number of hydrogen-bond donors (Lipinski definition) is 0. The average molecular weight is 302 g/mol. The molecule has 0 spiro atoms. The van der Waals surface area contributed by atoms with E-state index in [9.17, 15) is 0 Å². The molecule has 2 unspecified atom stereocenters. The quantitative estimate of drug-likeness (QED) is 0.777. The van der Waals surface area contributed by atoms with Crippen LogP contribution in [0.2, 0.25) is 0 Å². The summed E-state index contributed by atoms with van der Waals surface area (Å²) >= 11 is 0. The number of hydrogen-bond acceptors (Lipinski definition) is 2. The Bertz CT molecular complexity index is 764. The van der Waals surface area contributed by atoms with Crippen molar-refractivity contribution in [2.75, 3.05) is 6.54 Å². The second kappa shape index (κ2) is 5.30. The highest BCUT2D eigenvalue weighted by atomic mass is 14.8. The van der Waals surface area contributed by atoms with Crippen LogP contribution >= 0.6 is 0 Å². The van der Waals surface area contributed by atoms with Crippen LogP contribution in [0.1, 0.15) is 37.7 Å². The SMILES string of the molecule is C1=NC(Cc2ccccc2)C2CC3=C4C(=NC3)CCCC4=C2C1. The monoisotopic (exact) mass is 302 g/mol. The lowest BCUT2D eigenvalue weighted by Gasteiger charge is -2.37. The molecule has 2 heteroatoms. The minimum atomic E-state index is 0.411. The molecule has 4 aliphatic rings. The first-order chi connectivity index (χ1) is 11.4. The summed E-state index contributed by atoms with van der Waals surface area (Å²) < 4.78 is 0. The molecule has 0 aromatic heterocycles. The normalized spacial score (nSPS) is 28.6. The third-order valence-electron chi connectivity index (χ3n) is 5.91. The van der Waals surface area contributed by atoms with Crippen LogP contribution < -0.4 is 0 Å². The fourth-order valence-corrected chi connectivity index (χ4v) is 4.89. The van der Waals surface area contributed by atoms with Crippen LogP contribution in [0.25, 0.3) is 0 Å². The van der Waals surface area contributed by atoms with Gasteiger partial charge in [-0.25, -0.2) is 0 Å². The highest BCUT2D eigenvalue weighted by molar-refractivity contribution is 6.08. The standard InChI is InChI=1S/C21H22N2/c1-2-5-14(6-3-1)11-20-18-12-15-13-23-19-8-4-7-17(21(15)19)16(18)9-10-22-20/h1-3,5-6,10,18,20H,4,7-9,11-13H2. The summed E-state index contributed by atoms with van der Waals surface area (Å²) in [4.78, 5) is 9.74. The van der Waals surface area contributed by atoms with E-state index in [4.69, 9.17) is 9.98 Å². The molecule has 5 rings (SSSR count). The van der Waals surface area contributed by atoms with E-state index in [0.717, 1.165) is 19.4 Å². The molecular weight excluding hydrogens is 280 g/mol. The number of allylic oxidation sites excluding steroid dienone is 2. The molecule has 0 saturated heterocycles. The Labute approximate surface area is 137 Å². The van der Waals surface area contributed by atoms with Gasteiger partial charge in [-0.1, -0.05) is 35.9 Å². The van der Waals surface area contributed by atoms with Crippen LogP contribution in [0.4, 0.5) is 0 Å². The summed E-state index contributed by atoms with van der Waals surface area (Å²) in [6.07, 6.45) is 9.23. The first kappa shape index (κ1) is 13.5. The maximum atomic E-state index is 4.91. The van der Waals surface area contributed by atoms with Gasteiger partial charge < -0.3 is 0 Å². The van der Waals surface area contributed by atoms with Gasteiger partial charge in [-0.3, -0.25) is 9.98 Å². The fraction of sp³-hybridized carbons (Fsp3) is 0.429. The molecule has 23 heavy (non-hydrogen) atoms. The number of rotatable bonds is 2. The zero-order chi connectivity index (χ0) is 15.2. The molecule has 2 nitrogen and oxygen atoms in total. The lowest BCUT2D eigenvalue weighted by molar-refractivity contribution is 0.446. The van der Waals surface area contributed by atoms with E-state index in [1.165, 1.54) is 37.0 Å². The van der Waals surface area contributed by atoms with Crippen molar-refractivity contribution < 1.29 is 0 Å². The average Bonchev–Trinajstić information content (AvgIpc) is 3.01. The summed E-state index contributed by atoms with van der Waals surface area (Å²) in [7, 11) is 0. The molecule has 2 aliphatic carbocycles. The molecule has 1 aromatic rings. The van der Waals surface area contributed by atoms with Crippen molar-refractivity contribution in [3.05, 3.63) is 58.2 Å². The first-order valence-corrected chi connectivity index (χ1v) is 8.93. The van der Waals surface area contributed by atoms with Crippen molar-refractivity contribution in [3.8, 4) is 0 Å². The van der Waals surface area contributed by atoms with Crippen molar-refractivity contribution in [2.24, 2.45) is 15.9 Å². The van der Waals surface area contributed by atoms with Gasteiger partial charge in [0.25, 0.3) is 0 Å². The Hall–Kier alpha value is -1.96. The Balaban J connectivity index is 1.51. The Morgan fingerprint density at radius 3 is 2.91 bits per heavy atom. The van der Waals surface area contributed by atoms with Gasteiger partial charge >= 0.3 is 0 Å². The Morgan fingerprint density at radius 2 is 2.00 bits per heavy atom. The summed E-state index contributed by atoms with van der Waals surface area (Å²) in [5.74, 6) is 0.613. The second-order valence-corrected chi connectivity index (χ2v) is 7.20. The third-order valence-corrected chi connectivity index (χ3v) is 5.91. The van der Waals surface area contributed by atoms with Gasteiger partial charge in [-0.05, 0) is 54.4 Å². The number of benzene rings is 1. The molecule has 0 bridgehead atoms. The highest BCUT2D eigenvalue weighted by Gasteiger charge is 2.38. The third kappa shape index (κ3) is 2.15. The number of nitrogens with zero attached hydrogens (tertiary/aromatic N) is 2. The number of fused-ring (bicyclic) bond motifs is 1. The molecule has 116 valence electrons. The zero-order valence-corrected chi connectivity index (χ0v) is 13.5. The summed E-state index contributed by atoms with van der Waals surface area (Å²) in [6.45, 7) is 0.958. The van der Waals surface area contributed by atoms with Crippen molar-refractivity contribution in [1.29, 1.82) is 0 Å². The second-order valence-electron chi connectivity index (χ2n) is 7.20. The molecule has 0 amide bonds. The van der Waals surface area contributed by atoms with Crippen molar-refractivity contribution >= 4 is 11.9 Å². The van der Waals surface area contributed by atoms with Gasteiger partial charge in [-0.15, -0.1) is 0 Å². The molecule has 1 fully saturated rings. The van der Waals surface area contributed by atoms with E-state index in [2.05, 4.69) is 36.5 Å². The Kier molecular flexibility index (Phi) is 3.10. The minimum Gasteiger partial charge on any atom is -0.293 e. The van der Waals surface area contributed by atoms with Crippen LogP contribution in [-0.4, -0.2) is 24.5 Å². The minimum absolute atomic E-state index is 0.411. The van der Waals surface area contributed by atoms with Gasteiger partial charge in [0.2, 0.25) is 0 Å². The van der Waals surface area contributed by atoms with Crippen LogP contribution in [0, 0.1) is 5.92 Å². The van der Waals surface area contributed by atoms with Gasteiger partial charge in [-0.2, -0.15) is 0 Å². The van der Waals surface area contributed by atoms with Gasteiger partial charge in [0.15, 0.2) is 0 Å². The molecule has 2 heterocycles. The molecule has 0 radical (unpaired) electrons.